The summed E-state index contributed by atoms with van der Waals surface area (Å²) in [5, 5.41) is 11.8. The fourth-order valence-electron chi connectivity index (χ4n) is 6.99. The molecule has 4 aromatic heterocycles. The summed E-state index contributed by atoms with van der Waals surface area (Å²) >= 11 is 2.79. The maximum atomic E-state index is 13.0. The molecule has 0 spiro atoms. The predicted octanol–water partition coefficient (Wildman–Crippen LogP) is 13.6. The van der Waals surface area contributed by atoms with Gasteiger partial charge in [-0.2, -0.15) is 0 Å². The number of primary amides is 1. The van der Waals surface area contributed by atoms with Crippen molar-refractivity contribution in [1.29, 1.82) is 0 Å². The number of amides is 2. The quantitative estimate of drug-likeness (QED) is 0.0916. The number of aromatic nitrogens is 2. The molecule has 0 aliphatic carbocycles. The maximum Gasteiger partial charge on any atom is 0.265 e. The van der Waals surface area contributed by atoms with Crippen molar-refractivity contribution < 1.29 is 9.59 Å². The van der Waals surface area contributed by atoms with Crippen LogP contribution in [-0.2, 0) is 0 Å². The van der Waals surface area contributed by atoms with Crippen molar-refractivity contribution in [2.75, 3.05) is 16.0 Å². The molecule has 4 heterocycles. The smallest absolute Gasteiger partial charge is 0.265 e. The number of nitrogens with one attached hydrogen (secondary N) is 3. The first-order valence-corrected chi connectivity index (χ1v) is 21.4. The second-order valence-electron chi connectivity index (χ2n) is 14.3. The van der Waals surface area contributed by atoms with E-state index in [9.17, 15) is 9.59 Å². The van der Waals surface area contributed by atoms with Gasteiger partial charge in [0.25, 0.3) is 11.8 Å². The van der Waals surface area contributed by atoms with Crippen LogP contribution in [0, 0.1) is 0 Å². The molecule has 0 atom stereocenters. The average Bonchev–Trinajstić information content (AvgIpc) is 3.98. The van der Waals surface area contributed by atoms with Crippen molar-refractivity contribution in [3.63, 3.8) is 0 Å². The van der Waals surface area contributed by atoms with Crippen LogP contribution in [0.4, 0.5) is 28.4 Å². The van der Waals surface area contributed by atoms with Gasteiger partial charge in [0.05, 0.1) is 42.9 Å². The number of hydrogen-bond donors (Lipinski definition) is 5. The highest BCUT2D eigenvalue weighted by atomic mass is 32.1. The van der Waals surface area contributed by atoms with Gasteiger partial charge in [0.1, 0.15) is 0 Å². The number of nitrogens with two attached hydrogens (primary N) is 1. The number of carbonyl (C=O) groups excluding carboxylic acids is 2. The van der Waals surface area contributed by atoms with Gasteiger partial charge in [0.2, 0.25) is 0 Å². The van der Waals surface area contributed by atoms with Crippen LogP contribution in [-0.4, -0.2) is 21.8 Å². The van der Waals surface area contributed by atoms with E-state index in [0.717, 1.165) is 70.9 Å². The molecule has 63 heavy (non-hydrogen) atoms. The van der Waals surface area contributed by atoms with E-state index in [1.54, 1.807) is 24.8 Å². The minimum Gasteiger partial charge on any atom is -0.365 e. The van der Waals surface area contributed by atoms with E-state index in [4.69, 9.17) is 5.73 Å². The molecule has 6 aromatic carbocycles. The average molecular weight is 860 g/mol. The first-order valence-electron chi connectivity index (χ1n) is 19.8. The highest BCUT2D eigenvalue weighted by Crippen LogP contribution is 2.35. The van der Waals surface area contributed by atoms with Crippen LogP contribution in [0.15, 0.2) is 201 Å². The second-order valence-corrected chi connectivity index (χ2v) is 16.5. The summed E-state index contributed by atoms with van der Waals surface area (Å²) in [6.07, 6.45) is 7.10. The molecule has 0 aliphatic rings. The Morgan fingerprint density at radius 2 is 0.778 bits per heavy atom. The molecule has 0 radical (unpaired) electrons. The van der Waals surface area contributed by atoms with Crippen molar-refractivity contribution in [1.82, 2.24) is 16.1 Å². The topological polar surface area (TPSA) is 157 Å². The molecule has 2 amide bonds. The highest BCUT2D eigenvalue weighted by molar-refractivity contribution is 7.21. The van der Waals surface area contributed by atoms with Crippen LogP contribution in [0.1, 0.15) is 19.3 Å². The monoisotopic (exact) mass is 859 g/mol. The number of carbonyl (C=O) groups is 2. The number of pyridine rings is 2. The molecule has 10 rings (SSSR count). The molecule has 0 fully saturated rings. The Bertz CT molecular complexity index is 3120. The van der Waals surface area contributed by atoms with E-state index in [2.05, 4.69) is 98.7 Å². The molecule has 0 saturated heterocycles. The van der Waals surface area contributed by atoms with E-state index in [0.29, 0.717) is 9.75 Å². The molecular formula is C52H41N7O2S2. The van der Waals surface area contributed by atoms with Gasteiger partial charge in [0, 0.05) is 40.2 Å². The molecular weight excluding hydrogens is 819 g/mol. The molecule has 0 bridgehead atoms. The SMILES string of the molecule is N.NC(=O)c1cc2c(Nc3ccc(-c4ccccc4)cc3)cncc2s1.O=C(Nc1ccc(-c2ccccc2)cc1)c1cc2c(Nc3ccc(-c4ccccc4)cc3)cncc2s1. The summed E-state index contributed by atoms with van der Waals surface area (Å²) in [5.41, 5.74) is 16.7. The number of anilines is 5. The van der Waals surface area contributed by atoms with Crippen molar-refractivity contribution in [2.24, 2.45) is 5.73 Å². The Morgan fingerprint density at radius 3 is 1.17 bits per heavy atom. The molecule has 0 unspecified atom stereocenters. The van der Waals surface area contributed by atoms with Crippen LogP contribution < -0.4 is 27.8 Å². The van der Waals surface area contributed by atoms with Crippen molar-refractivity contribution in [3.05, 3.63) is 210 Å². The summed E-state index contributed by atoms with van der Waals surface area (Å²) in [7, 11) is 0. The van der Waals surface area contributed by atoms with Crippen LogP contribution in [0.5, 0.6) is 0 Å². The van der Waals surface area contributed by atoms with Gasteiger partial charge in [-0.1, -0.05) is 127 Å². The van der Waals surface area contributed by atoms with Crippen LogP contribution in [0.3, 0.4) is 0 Å². The molecule has 0 saturated carbocycles. The van der Waals surface area contributed by atoms with Gasteiger partial charge in [-0.3, -0.25) is 19.6 Å². The Kier molecular flexibility index (Phi) is 12.7. The lowest BCUT2D eigenvalue weighted by Gasteiger charge is -2.08. The van der Waals surface area contributed by atoms with Gasteiger partial charge in [-0.05, 0) is 81.9 Å². The molecule has 9 nitrogen and oxygen atoms in total. The fourth-order valence-corrected chi connectivity index (χ4v) is 8.84. The maximum absolute atomic E-state index is 13.0. The lowest BCUT2D eigenvalue weighted by molar-refractivity contribution is 0.100. The van der Waals surface area contributed by atoms with Gasteiger partial charge in [0.15, 0.2) is 0 Å². The summed E-state index contributed by atoms with van der Waals surface area (Å²) in [6.45, 7) is 0. The summed E-state index contributed by atoms with van der Waals surface area (Å²) < 4.78 is 1.88. The zero-order valence-corrected chi connectivity index (χ0v) is 35.5. The lowest BCUT2D eigenvalue weighted by Crippen LogP contribution is -2.09. The summed E-state index contributed by atoms with van der Waals surface area (Å²) in [5.74, 6) is -0.550. The first-order chi connectivity index (χ1) is 30.4. The largest absolute Gasteiger partial charge is 0.365 e. The van der Waals surface area contributed by atoms with E-state index in [1.807, 2.05) is 103 Å². The number of hydrogen-bond acceptors (Lipinski definition) is 9. The van der Waals surface area contributed by atoms with Crippen molar-refractivity contribution >= 4 is 83.1 Å². The zero-order chi connectivity index (χ0) is 42.3. The van der Waals surface area contributed by atoms with Crippen molar-refractivity contribution in [2.45, 2.75) is 0 Å². The van der Waals surface area contributed by atoms with Crippen LogP contribution in [0.25, 0.3) is 53.6 Å². The number of nitrogens with zero attached hydrogens (tertiary/aromatic N) is 2. The number of fused-ring (bicyclic) bond motifs is 2. The predicted molar refractivity (Wildman–Crippen MR) is 263 cm³/mol. The minimum atomic E-state index is -0.417. The standard InChI is InChI=1S/C32H23N3OS.C20H15N3OS.H3N/c36-32(35-27-17-13-25(14-18-27)23-9-5-2-6-10-23)30-19-28-29(20-33-21-31(28)37-30)34-26-15-11-24(12-16-26)22-7-3-1-4-8-22;21-20(24)18-10-16-17(11-22-12-19(16)25-18)23-15-8-6-14(7-9-15)13-4-2-1-3-5-13;/h1-21,34H,(H,35,36);1-12,23H,(H2,21,24);1H3. The minimum absolute atomic E-state index is 0. The Labute approximate surface area is 372 Å². The van der Waals surface area contributed by atoms with Crippen molar-refractivity contribution in [3.8, 4) is 33.4 Å². The summed E-state index contributed by atoms with van der Waals surface area (Å²) in [4.78, 5) is 34.2. The fraction of sp³-hybridized carbons (Fsp3) is 0. The summed E-state index contributed by atoms with van der Waals surface area (Å²) in [6, 6.07) is 58.9. The molecule has 8 N–H and O–H groups in total. The van der Waals surface area contributed by atoms with Gasteiger partial charge in [-0.25, -0.2) is 0 Å². The number of rotatable bonds is 10. The van der Waals surface area contributed by atoms with E-state index >= 15 is 0 Å². The highest BCUT2D eigenvalue weighted by Gasteiger charge is 2.15. The number of thiophene rings is 2. The third-order valence-corrected chi connectivity index (χ3v) is 12.3. The molecule has 0 aliphatic heterocycles. The van der Waals surface area contributed by atoms with Crippen LogP contribution >= 0.6 is 22.7 Å². The normalized spacial score (nSPS) is 10.6. The Hall–Kier alpha value is -7.96. The zero-order valence-electron chi connectivity index (χ0n) is 33.9. The van der Waals surface area contributed by atoms with Gasteiger partial charge >= 0.3 is 0 Å². The second kappa shape index (κ2) is 19.2. The molecule has 11 heteroatoms. The third-order valence-electron chi connectivity index (χ3n) is 10.2. The lowest BCUT2D eigenvalue weighted by atomic mass is 10.1. The first kappa shape index (κ1) is 41.8. The number of benzene rings is 6. The Balaban J connectivity index is 0.000000183. The van der Waals surface area contributed by atoms with E-state index in [1.165, 1.54) is 33.8 Å². The Morgan fingerprint density at radius 1 is 0.429 bits per heavy atom. The van der Waals surface area contributed by atoms with Crippen LogP contribution in [0.2, 0.25) is 0 Å². The van der Waals surface area contributed by atoms with Gasteiger partial charge < -0.3 is 27.8 Å². The molecule has 10 aromatic rings. The third kappa shape index (κ3) is 9.83. The molecule has 308 valence electrons. The van der Waals surface area contributed by atoms with E-state index < -0.39 is 5.91 Å². The van der Waals surface area contributed by atoms with Gasteiger partial charge in [-0.15, -0.1) is 22.7 Å². The van der Waals surface area contributed by atoms with E-state index in [-0.39, 0.29) is 12.1 Å².